The van der Waals surface area contributed by atoms with Crippen LogP contribution in [-0.4, -0.2) is 0 Å². The molecule has 0 bridgehead atoms. The van der Waals surface area contributed by atoms with Gasteiger partial charge < -0.3 is 0 Å². The van der Waals surface area contributed by atoms with Gasteiger partial charge in [0.1, 0.15) is 0 Å². The fourth-order valence-corrected chi connectivity index (χ4v) is 5.76. The normalized spacial score (nSPS) is 22.4. The van der Waals surface area contributed by atoms with Crippen LogP contribution >= 0.6 is 0 Å². The van der Waals surface area contributed by atoms with Crippen LogP contribution in [0.25, 0.3) is 0 Å². The van der Waals surface area contributed by atoms with Gasteiger partial charge in [0, 0.05) is 30.6 Å². The van der Waals surface area contributed by atoms with E-state index in [1.807, 2.05) is 6.08 Å². The number of rotatable bonds is 6. The third kappa shape index (κ3) is 11.3. The lowest BCUT2D eigenvalue weighted by Gasteiger charge is -2.36. The highest BCUT2D eigenvalue weighted by Crippen LogP contribution is 2.42. The van der Waals surface area contributed by atoms with Crippen LogP contribution in [0.1, 0.15) is 114 Å². The summed E-state index contributed by atoms with van der Waals surface area (Å²) in [4.78, 5) is 0. The predicted molar refractivity (Wildman–Crippen MR) is 177 cm³/mol. The van der Waals surface area contributed by atoms with Crippen LogP contribution in [0, 0.1) is 64.1 Å². The zero-order valence-corrected chi connectivity index (χ0v) is 27.2. The fourth-order valence-electron chi connectivity index (χ4n) is 5.76. The molecule has 0 heterocycles. The minimum absolute atomic E-state index is 0.267. The second kappa shape index (κ2) is 15.8. The van der Waals surface area contributed by atoms with E-state index in [4.69, 9.17) is 0 Å². The molecule has 2 rings (SSSR count). The topological polar surface area (TPSA) is 0 Å². The maximum absolute atomic E-state index is 3.40. The summed E-state index contributed by atoms with van der Waals surface area (Å²) < 4.78 is 0. The lowest BCUT2D eigenvalue weighted by Crippen LogP contribution is -2.26. The highest BCUT2D eigenvalue weighted by Gasteiger charge is 2.30. The van der Waals surface area contributed by atoms with Crippen LogP contribution in [-0.2, 0) is 0 Å². The lowest BCUT2D eigenvalue weighted by molar-refractivity contribution is 0.255. The summed E-state index contributed by atoms with van der Waals surface area (Å²) in [7, 11) is 0. The van der Waals surface area contributed by atoms with Gasteiger partial charge in [-0.15, -0.1) is 5.92 Å². The molecule has 0 aliphatic heterocycles. The summed E-state index contributed by atoms with van der Waals surface area (Å²) in [6.07, 6.45) is 23.5. The van der Waals surface area contributed by atoms with Crippen molar-refractivity contribution in [3.63, 3.8) is 0 Å². The second-order valence-corrected chi connectivity index (χ2v) is 13.4. The van der Waals surface area contributed by atoms with Crippen LogP contribution in [0.5, 0.6) is 0 Å². The van der Waals surface area contributed by atoms with Gasteiger partial charge >= 0.3 is 0 Å². The minimum Gasteiger partial charge on any atom is -0.101 e. The maximum Gasteiger partial charge on any atom is 0.0354 e. The van der Waals surface area contributed by atoms with Gasteiger partial charge in [0.25, 0.3) is 0 Å². The summed E-state index contributed by atoms with van der Waals surface area (Å²) in [5, 5.41) is 0. The number of hydrogen-bond acceptors (Lipinski definition) is 0. The van der Waals surface area contributed by atoms with E-state index in [0.717, 1.165) is 18.4 Å². The molecule has 2 aliphatic carbocycles. The van der Waals surface area contributed by atoms with Gasteiger partial charge in [0.05, 0.1) is 0 Å². The van der Waals surface area contributed by atoms with E-state index in [0.29, 0.717) is 11.3 Å². The first-order valence-corrected chi connectivity index (χ1v) is 15.4. The predicted octanol–water partition coefficient (Wildman–Crippen LogP) is 11.0. The van der Waals surface area contributed by atoms with Crippen molar-refractivity contribution in [2.24, 2.45) is 28.6 Å². The van der Waals surface area contributed by atoms with E-state index in [9.17, 15) is 0 Å². The SMILES string of the molecule is CC1=CCCC(C)(C)C1/C=C/C(C)C#CCC(C)C#CC/C=C(\C)C#C/C=C(C)/C=C/C1=C(C)CCCC1(C)C. The smallest absolute Gasteiger partial charge is 0.0354 e. The monoisotopic (exact) mass is 534 g/mol. The van der Waals surface area contributed by atoms with Crippen molar-refractivity contribution in [2.75, 3.05) is 0 Å². The molecule has 40 heavy (non-hydrogen) atoms. The molecule has 0 fully saturated rings. The molecule has 3 atom stereocenters. The van der Waals surface area contributed by atoms with E-state index >= 15 is 0 Å². The van der Waals surface area contributed by atoms with Crippen molar-refractivity contribution in [1.29, 1.82) is 0 Å². The van der Waals surface area contributed by atoms with Gasteiger partial charge in [-0.3, -0.25) is 0 Å². The number of hydrogen-bond donors (Lipinski definition) is 0. The first-order chi connectivity index (χ1) is 18.8. The van der Waals surface area contributed by atoms with Gasteiger partial charge in [-0.05, 0) is 100 Å². The molecule has 0 N–H and O–H groups in total. The Morgan fingerprint density at radius 3 is 2.50 bits per heavy atom. The van der Waals surface area contributed by atoms with Crippen molar-refractivity contribution in [3.8, 4) is 35.5 Å². The molecule has 214 valence electrons. The molecule has 0 aromatic rings. The van der Waals surface area contributed by atoms with Gasteiger partial charge in [0.2, 0.25) is 0 Å². The Labute approximate surface area is 248 Å². The Hall–Kier alpha value is -2.88. The summed E-state index contributed by atoms with van der Waals surface area (Å²) in [5.41, 5.74) is 7.38. The first-order valence-electron chi connectivity index (χ1n) is 15.4. The molecule has 0 saturated carbocycles. The molecule has 0 amide bonds. The summed E-state index contributed by atoms with van der Waals surface area (Å²) in [6, 6.07) is 0. The maximum atomic E-state index is 3.40. The van der Waals surface area contributed by atoms with Crippen molar-refractivity contribution in [1.82, 2.24) is 0 Å². The zero-order chi connectivity index (χ0) is 29.8. The molecule has 0 radical (unpaired) electrons. The highest BCUT2D eigenvalue weighted by atomic mass is 14.4. The summed E-state index contributed by atoms with van der Waals surface area (Å²) in [6.45, 7) is 22.6. The average molecular weight is 535 g/mol. The Balaban J connectivity index is 1.82. The van der Waals surface area contributed by atoms with Gasteiger partial charge in [0.15, 0.2) is 0 Å². The molecule has 0 nitrogen and oxygen atoms in total. The van der Waals surface area contributed by atoms with Crippen molar-refractivity contribution >= 4 is 0 Å². The van der Waals surface area contributed by atoms with E-state index in [2.05, 4.69) is 141 Å². The fraction of sp³-hybridized carbons (Fsp3) is 0.550. The van der Waals surface area contributed by atoms with Gasteiger partial charge in [-0.2, -0.15) is 0 Å². The molecular weight excluding hydrogens is 480 g/mol. The second-order valence-electron chi connectivity index (χ2n) is 13.4. The molecule has 3 unspecified atom stereocenters. The average Bonchev–Trinajstić information content (AvgIpc) is 2.85. The van der Waals surface area contributed by atoms with E-state index in [1.165, 1.54) is 54.4 Å². The Bertz CT molecular complexity index is 1240. The van der Waals surface area contributed by atoms with Crippen LogP contribution in [0.3, 0.4) is 0 Å². The molecule has 0 spiro atoms. The highest BCUT2D eigenvalue weighted by molar-refractivity contribution is 5.39. The van der Waals surface area contributed by atoms with Crippen molar-refractivity contribution in [3.05, 3.63) is 70.4 Å². The minimum atomic E-state index is 0.267. The third-order valence-corrected chi connectivity index (χ3v) is 8.40. The standard InChI is InChI=1S/C40H54/c1-31(19-13-21-33(3)25-27-37-35(5)23-15-29-39(37,7)8)17-11-12-18-32(2)20-14-22-34(4)26-28-38-36(6)24-16-30-40(38,9)10/h17,21,24-28,32,34,38H,11,15-16,20,23,29-30H2,1-10H3/b27-25+,28-26+,31-17+,33-21+. The molecular formula is C40H54. The van der Waals surface area contributed by atoms with Gasteiger partial charge in [-0.25, -0.2) is 0 Å². The van der Waals surface area contributed by atoms with Crippen LogP contribution in [0.15, 0.2) is 70.4 Å². The Morgan fingerprint density at radius 1 is 1.05 bits per heavy atom. The molecule has 0 heteroatoms. The number of allylic oxidation sites excluding steroid dienone is 12. The molecule has 0 saturated heterocycles. The lowest BCUT2D eigenvalue weighted by atomic mass is 9.68. The molecule has 2 aliphatic rings. The van der Waals surface area contributed by atoms with Crippen molar-refractivity contribution in [2.45, 2.75) is 114 Å². The molecule has 0 aromatic carbocycles. The Kier molecular flexibility index (Phi) is 13.2. The van der Waals surface area contributed by atoms with E-state index < -0.39 is 0 Å². The quantitative estimate of drug-likeness (QED) is 0.181. The van der Waals surface area contributed by atoms with Crippen LogP contribution in [0.2, 0.25) is 0 Å². The van der Waals surface area contributed by atoms with Crippen molar-refractivity contribution < 1.29 is 0 Å². The summed E-state index contributed by atoms with van der Waals surface area (Å²) >= 11 is 0. The summed E-state index contributed by atoms with van der Waals surface area (Å²) in [5.74, 6) is 20.9. The molecule has 0 aromatic heterocycles. The zero-order valence-electron chi connectivity index (χ0n) is 27.2. The third-order valence-electron chi connectivity index (χ3n) is 8.40. The Morgan fingerprint density at radius 2 is 1.80 bits per heavy atom. The van der Waals surface area contributed by atoms with Crippen LogP contribution in [0.4, 0.5) is 0 Å². The van der Waals surface area contributed by atoms with Crippen LogP contribution < -0.4 is 0 Å². The van der Waals surface area contributed by atoms with Gasteiger partial charge in [-0.1, -0.05) is 112 Å². The largest absolute Gasteiger partial charge is 0.101 e. The van der Waals surface area contributed by atoms with E-state index in [-0.39, 0.29) is 17.3 Å². The van der Waals surface area contributed by atoms with E-state index in [1.54, 1.807) is 0 Å². The first kappa shape index (κ1) is 33.3.